The normalized spacial score (nSPS) is 11.9. The van der Waals surface area contributed by atoms with Gasteiger partial charge in [0.1, 0.15) is 35.3 Å². The molecule has 0 aliphatic heterocycles. The molecule has 3 heterocycles. The van der Waals surface area contributed by atoms with Gasteiger partial charge in [0.2, 0.25) is 10.0 Å². The molecule has 46 heavy (non-hydrogen) atoms. The Kier molecular flexibility index (Phi) is 8.74. The molecule has 0 fully saturated rings. The third-order valence-corrected chi connectivity index (χ3v) is 7.64. The van der Waals surface area contributed by atoms with Crippen molar-refractivity contribution in [2.45, 2.75) is 33.4 Å². The van der Waals surface area contributed by atoms with Gasteiger partial charge in [0.05, 0.1) is 36.3 Å². The van der Waals surface area contributed by atoms with E-state index in [2.05, 4.69) is 25.3 Å². The minimum Gasteiger partial charge on any atom is -0.497 e. The van der Waals surface area contributed by atoms with E-state index in [4.69, 9.17) is 20.6 Å². The maximum Gasteiger partial charge on any atom is 0.251 e. The predicted molar refractivity (Wildman–Crippen MR) is 174 cm³/mol. The van der Waals surface area contributed by atoms with Crippen molar-refractivity contribution in [2.24, 2.45) is 0 Å². The topological polar surface area (TPSA) is 202 Å². The van der Waals surface area contributed by atoms with Gasteiger partial charge < -0.3 is 21.1 Å². The number of carbonyl (C=O) groups is 1. The number of amides is 1. The molecule has 0 aliphatic carbocycles. The van der Waals surface area contributed by atoms with Crippen molar-refractivity contribution in [3.8, 4) is 23.1 Å². The van der Waals surface area contributed by atoms with E-state index in [0.29, 0.717) is 39.6 Å². The van der Waals surface area contributed by atoms with Crippen LogP contribution in [0.4, 0.5) is 17.3 Å². The molecule has 5 aromatic rings. The summed E-state index contributed by atoms with van der Waals surface area (Å²) >= 11 is 0. The van der Waals surface area contributed by atoms with Crippen LogP contribution in [0.5, 0.6) is 5.75 Å². The molecule has 1 unspecified atom stereocenters. The number of nitrogens with zero attached hydrogens (tertiary/aromatic N) is 6. The molecule has 15 heteroatoms. The van der Waals surface area contributed by atoms with Gasteiger partial charge in [-0.2, -0.15) is 10.4 Å². The number of rotatable bonds is 10. The van der Waals surface area contributed by atoms with Gasteiger partial charge in [-0.15, -0.1) is 0 Å². The number of sulfonamides is 1. The number of aryl methyl sites for hydroxylation is 2. The number of benzene rings is 2. The summed E-state index contributed by atoms with van der Waals surface area (Å²) in [5.41, 5.74) is 11.3. The Hall–Kier alpha value is -5.75. The molecule has 236 valence electrons. The molecule has 1 atom stereocenters. The second kappa shape index (κ2) is 12.7. The Morgan fingerprint density at radius 1 is 1.15 bits per heavy atom. The van der Waals surface area contributed by atoms with Crippen LogP contribution in [0.15, 0.2) is 55.0 Å². The summed E-state index contributed by atoms with van der Waals surface area (Å²) < 4.78 is 33.0. The third kappa shape index (κ3) is 6.97. The molecule has 0 radical (unpaired) electrons. The third-order valence-electron chi connectivity index (χ3n) is 7.03. The first-order valence-corrected chi connectivity index (χ1v) is 15.9. The smallest absolute Gasteiger partial charge is 0.251 e. The molecule has 5 N–H and O–H groups in total. The fraction of sp³-hybridized carbons (Fsp3) is 0.226. The van der Waals surface area contributed by atoms with Gasteiger partial charge in [0, 0.05) is 29.9 Å². The lowest BCUT2D eigenvalue weighted by Gasteiger charge is -2.17. The number of anilines is 3. The summed E-state index contributed by atoms with van der Waals surface area (Å²) in [6, 6.07) is 13.9. The van der Waals surface area contributed by atoms with E-state index in [9.17, 15) is 18.5 Å². The van der Waals surface area contributed by atoms with Crippen molar-refractivity contribution in [2.75, 3.05) is 29.1 Å². The Balaban J connectivity index is 1.46. The van der Waals surface area contributed by atoms with E-state index >= 15 is 0 Å². The van der Waals surface area contributed by atoms with Crippen molar-refractivity contribution in [1.29, 1.82) is 5.26 Å². The number of fused-ring (bicyclic) bond motifs is 1. The molecule has 5 rings (SSSR count). The van der Waals surface area contributed by atoms with Crippen LogP contribution in [0.3, 0.4) is 0 Å². The summed E-state index contributed by atoms with van der Waals surface area (Å²) in [6.45, 7) is 5.81. The lowest BCUT2D eigenvalue weighted by atomic mass is 10.0. The number of hydrogen-bond acceptors (Lipinski definition) is 11. The number of ether oxygens (including phenoxy) is 1. The number of carbonyl (C=O) groups excluding carboxylic acids is 1. The molecule has 0 saturated carbocycles. The van der Waals surface area contributed by atoms with Crippen molar-refractivity contribution >= 4 is 38.8 Å². The zero-order chi connectivity index (χ0) is 33.2. The summed E-state index contributed by atoms with van der Waals surface area (Å²) in [7, 11) is -2.03. The van der Waals surface area contributed by atoms with E-state index in [1.807, 2.05) is 45.2 Å². The van der Waals surface area contributed by atoms with Crippen LogP contribution >= 0.6 is 0 Å². The Labute approximate surface area is 265 Å². The first-order chi connectivity index (χ1) is 21.8. The van der Waals surface area contributed by atoms with Crippen LogP contribution in [-0.4, -0.2) is 52.3 Å². The maximum absolute atomic E-state index is 13.4. The van der Waals surface area contributed by atoms with E-state index in [1.54, 1.807) is 34.8 Å². The number of nitrogens with one attached hydrogen (secondary N) is 3. The van der Waals surface area contributed by atoms with Gasteiger partial charge in [-0.1, -0.05) is 0 Å². The SMILES string of the molecule is COc1cc(CNC(=O)c2cc(C)cc(-c3nc(C(C)Nc4ncnc(N)c4C#N)nn4ccc(C)c34)c2)cc(NS(C)(=O)=O)c1. The van der Waals surface area contributed by atoms with Crippen LogP contribution in [0.2, 0.25) is 0 Å². The van der Waals surface area contributed by atoms with Crippen LogP contribution in [0, 0.1) is 25.2 Å². The molecule has 3 aromatic heterocycles. The van der Waals surface area contributed by atoms with Gasteiger partial charge in [0.15, 0.2) is 5.82 Å². The molecule has 14 nitrogen and oxygen atoms in total. The zero-order valence-electron chi connectivity index (χ0n) is 25.8. The van der Waals surface area contributed by atoms with Crippen molar-refractivity contribution in [1.82, 2.24) is 29.9 Å². The molecule has 1 amide bonds. The predicted octanol–water partition coefficient (Wildman–Crippen LogP) is 3.74. The van der Waals surface area contributed by atoms with Gasteiger partial charge in [-0.05, 0) is 73.9 Å². The van der Waals surface area contributed by atoms with E-state index < -0.39 is 16.1 Å². The molecular formula is C31H32N10O4S. The summed E-state index contributed by atoms with van der Waals surface area (Å²) in [4.78, 5) is 26.4. The maximum atomic E-state index is 13.4. The van der Waals surface area contributed by atoms with E-state index in [1.165, 1.54) is 13.4 Å². The number of hydrogen-bond donors (Lipinski definition) is 4. The molecule has 0 bridgehead atoms. The van der Waals surface area contributed by atoms with Crippen molar-refractivity contribution in [3.63, 3.8) is 0 Å². The minimum atomic E-state index is -3.51. The highest BCUT2D eigenvalue weighted by Crippen LogP contribution is 2.30. The summed E-state index contributed by atoms with van der Waals surface area (Å²) in [5, 5.41) is 20.3. The van der Waals surface area contributed by atoms with Crippen LogP contribution in [0.1, 0.15) is 51.4 Å². The number of nitrogen functional groups attached to an aromatic ring is 1. The second-order valence-electron chi connectivity index (χ2n) is 10.8. The largest absolute Gasteiger partial charge is 0.497 e. The van der Waals surface area contributed by atoms with Crippen molar-refractivity contribution in [3.05, 3.63) is 88.6 Å². The fourth-order valence-electron chi connectivity index (χ4n) is 4.96. The number of methoxy groups -OCH3 is 1. The Morgan fingerprint density at radius 3 is 2.65 bits per heavy atom. The first kappa shape index (κ1) is 31.7. The summed E-state index contributed by atoms with van der Waals surface area (Å²) in [6.07, 6.45) is 4.16. The summed E-state index contributed by atoms with van der Waals surface area (Å²) in [5.74, 6) is 0.860. The van der Waals surface area contributed by atoms with Gasteiger partial charge in [-0.25, -0.2) is 27.9 Å². The molecule has 0 saturated heterocycles. The molecule has 0 spiro atoms. The number of nitriles is 1. The lowest BCUT2D eigenvalue weighted by Crippen LogP contribution is -2.23. The molecule has 2 aromatic carbocycles. The fourth-order valence-corrected chi connectivity index (χ4v) is 5.50. The standard InChI is InChI=1S/C31H32N10O4S/c1-17-8-21(12-22(9-17)31(42)34-15-20-10-23(40-46(5,43)44)13-24(11-20)45-4)26-27-18(2)6-7-41(27)39-29(38-26)19(3)37-30-25(14-32)28(33)35-16-36-30/h6-13,16,19,40H,15H2,1-5H3,(H,34,42)(H3,33,35,36,37). The van der Waals surface area contributed by atoms with E-state index in [0.717, 1.165) is 22.9 Å². The number of aromatic nitrogens is 5. The molecular weight excluding hydrogens is 608 g/mol. The van der Waals surface area contributed by atoms with Crippen LogP contribution in [-0.2, 0) is 16.6 Å². The monoisotopic (exact) mass is 640 g/mol. The van der Waals surface area contributed by atoms with Crippen LogP contribution in [0.25, 0.3) is 16.8 Å². The Bertz CT molecular complexity index is 2120. The average Bonchev–Trinajstić information content (AvgIpc) is 3.38. The second-order valence-corrected chi connectivity index (χ2v) is 12.5. The lowest BCUT2D eigenvalue weighted by molar-refractivity contribution is 0.0950. The van der Waals surface area contributed by atoms with Crippen molar-refractivity contribution < 1.29 is 17.9 Å². The highest BCUT2D eigenvalue weighted by atomic mass is 32.2. The van der Waals surface area contributed by atoms with E-state index in [-0.39, 0.29) is 29.7 Å². The van der Waals surface area contributed by atoms with Gasteiger partial charge in [-0.3, -0.25) is 9.52 Å². The zero-order valence-corrected chi connectivity index (χ0v) is 26.6. The average molecular weight is 641 g/mol. The highest BCUT2D eigenvalue weighted by Gasteiger charge is 2.20. The quantitative estimate of drug-likeness (QED) is 0.173. The van der Waals surface area contributed by atoms with Crippen LogP contribution < -0.4 is 25.8 Å². The Morgan fingerprint density at radius 2 is 1.93 bits per heavy atom. The molecule has 0 aliphatic rings. The highest BCUT2D eigenvalue weighted by molar-refractivity contribution is 7.92. The first-order valence-electron chi connectivity index (χ1n) is 14.0. The van der Waals surface area contributed by atoms with Gasteiger partial charge >= 0.3 is 0 Å². The minimum absolute atomic E-state index is 0.0632. The number of nitrogens with two attached hydrogens (primary N) is 1. The van der Waals surface area contributed by atoms with Gasteiger partial charge in [0.25, 0.3) is 5.91 Å².